The maximum absolute atomic E-state index is 12.2. The number of carbonyl (C=O) groups excluding carboxylic acids is 1. The van der Waals surface area contributed by atoms with E-state index < -0.39 is 6.04 Å². The zero-order valence-corrected chi connectivity index (χ0v) is 12.7. The third-order valence-electron chi connectivity index (χ3n) is 3.97. The molecule has 1 amide bonds. The fourth-order valence-electron chi connectivity index (χ4n) is 2.59. The largest absolute Gasteiger partial charge is 0.496 e. The molecular formula is C16H24N2O3. The van der Waals surface area contributed by atoms with Crippen molar-refractivity contribution in [2.24, 2.45) is 11.7 Å². The molecule has 0 saturated carbocycles. The Kier molecular flexibility index (Phi) is 5.59. The van der Waals surface area contributed by atoms with E-state index in [1.807, 2.05) is 25.1 Å². The van der Waals surface area contributed by atoms with E-state index in [2.05, 4.69) is 5.32 Å². The van der Waals surface area contributed by atoms with E-state index in [0.29, 0.717) is 19.8 Å². The third-order valence-corrected chi connectivity index (χ3v) is 3.97. The third kappa shape index (κ3) is 4.19. The first kappa shape index (κ1) is 15.8. The molecule has 1 aliphatic heterocycles. The summed E-state index contributed by atoms with van der Waals surface area (Å²) >= 11 is 0. The van der Waals surface area contributed by atoms with Gasteiger partial charge in [-0.1, -0.05) is 12.1 Å². The molecule has 1 aliphatic rings. The number of aryl methyl sites for hydroxylation is 1. The maximum atomic E-state index is 12.2. The fraction of sp³-hybridized carbons (Fsp3) is 0.562. The number of ether oxygens (including phenoxy) is 2. The molecule has 0 spiro atoms. The second kappa shape index (κ2) is 7.43. The summed E-state index contributed by atoms with van der Waals surface area (Å²) in [6.07, 6.45) is 1.70. The number of carbonyl (C=O) groups is 1. The molecule has 21 heavy (non-hydrogen) atoms. The molecule has 0 aliphatic carbocycles. The molecule has 0 radical (unpaired) electrons. The minimum absolute atomic E-state index is 0.107. The van der Waals surface area contributed by atoms with Crippen molar-refractivity contribution in [2.45, 2.75) is 32.4 Å². The van der Waals surface area contributed by atoms with Gasteiger partial charge in [0, 0.05) is 25.3 Å². The molecule has 1 aromatic carbocycles. The van der Waals surface area contributed by atoms with Crippen molar-refractivity contribution in [3.05, 3.63) is 29.3 Å². The first-order valence-electron chi connectivity index (χ1n) is 7.36. The lowest BCUT2D eigenvalue weighted by atomic mass is 9.92. The minimum atomic E-state index is -0.467. The molecule has 1 heterocycles. The molecule has 3 N–H and O–H groups in total. The Morgan fingerprint density at radius 2 is 2.19 bits per heavy atom. The van der Waals surface area contributed by atoms with E-state index in [0.717, 1.165) is 29.7 Å². The predicted molar refractivity (Wildman–Crippen MR) is 81.1 cm³/mol. The van der Waals surface area contributed by atoms with Crippen molar-refractivity contribution >= 4 is 5.91 Å². The zero-order valence-electron chi connectivity index (χ0n) is 12.7. The standard InChI is InChI=1S/C16H24N2O3/c1-11-3-4-13(14(9-11)20-2)10-18-16(19)15(17)12-5-7-21-8-6-12/h3-4,9,12,15H,5-8,10,17H2,1-2H3,(H,18,19). The van der Waals surface area contributed by atoms with Crippen molar-refractivity contribution in [3.63, 3.8) is 0 Å². The van der Waals surface area contributed by atoms with E-state index in [1.165, 1.54) is 0 Å². The zero-order chi connectivity index (χ0) is 15.2. The van der Waals surface area contributed by atoms with Gasteiger partial charge in [0.25, 0.3) is 0 Å². The van der Waals surface area contributed by atoms with Gasteiger partial charge < -0.3 is 20.5 Å². The van der Waals surface area contributed by atoms with Crippen LogP contribution in [-0.4, -0.2) is 32.3 Å². The molecule has 1 atom stereocenters. The van der Waals surface area contributed by atoms with Crippen LogP contribution in [0.3, 0.4) is 0 Å². The highest BCUT2D eigenvalue weighted by atomic mass is 16.5. The van der Waals surface area contributed by atoms with Crippen LogP contribution in [0.4, 0.5) is 0 Å². The predicted octanol–water partition coefficient (Wildman–Crippen LogP) is 1.37. The van der Waals surface area contributed by atoms with Crippen LogP contribution >= 0.6 is 0 Å². The molecule has 1 fully saturated rings. The Bertz CT molecular complexity index is 484. The molecule has 5 nitrogen and oxygen atoms in total. The highest BCUT2D eigenvalue weighted by Crippen LogP contribution is 2.20. The molecule has 116 valence electrons. The Balaban J connectivity index is 1.91. The van der Waals surface area contributed by atoms with Crippen molar-refractivity contribution < 1.29 is 14.3 Å². The second-order valence-electron chi connectivity index (χ2n) is 5.51. The summed E-state index contributed by atoms with van der Waals surface area (Å²) in [4.78, 5) is 12.2. The number of rotatable bonds is 5. The second-order valence-corrected chi connectivity index (χ2v) is 5.51. The number of nitrogens with one attached hydrogen (secondary N) is 1. The van der Waals surface area contributed by atoms with Crippen molar-refractivity contribution in [2.75, 3.05) is 20.3 Å². The van der Waals surface area contributed by atoms with Gasteiger partial charge in [-0.15, -0.1) is 0 Å². The Hall–Kier alpha value is -1.59. The van der Waals surface area contributed by atoms with Gasteiger partial charge in [0.05, 0.1) is 13.2 Å². The van der Waals surface area contributed by atoms with Crippen molar-refractivity contribution in [1.29, 1.82) is 0 Å². The Labute approximate surface area is 125 Å². The molecule has 1 saturated heterocycles. The Morgan fingerprint density at radius 3 is 2.86 bits per heavy atom. The van der Waals surface area contributed by atoms with Gasteiger partial charge in [0.2, 0.25) is 5.91 Å². The maximum Gasteiger partial charge on any atom is 0.237 e. The Morgan fingerprint density at radius 1 is 1.48 bits per heavy atom. The van der Waals surface area contributed by atoms with Crippen LogP contribution in [0.1, 0.15) is 24.0 Å². The molecule has 0 bridgehead atoms. The summed E-state index contributed by atoms with van der Waals surface area (Å²) < 4.78 is 10.6. The van der Waals surface area contributed by atoms with Crippen molar-refractivity contribution in [3.8, 4) is 5.75 Å². The van der Waals surface area contributed by atoms with Gasteiger partial charge in [-0.3, -0.25) is 4.79 Å². The number of benzene rings is 1. The van der Waals surface area contributed by atoms with Crippen LogP contribution in [0.2, 0.25) is 0 Å². The lowest BCUT2D eigenvalue weighted by molar-refractivity contribution is -0.124. The lowest BCUT2D eigenvalue weighted by Gasteiger charge is -2.26. The molecule has 1 unspecified atom stereocenters. The summed E-state index contributed by atoms with van der Waals surface area (Å²) in [6, 6.07) is 5.46. The van der Waals surface area contributed by atoms with Gasteiger partial charge in [-0.2, -0.15) is 0 Å². The monoisotopic (exact) mass is 292 g/mol. The van der Waals surface area contributed by atoms with Gasteiger partial charge in [0.1, 0.15) is 5.75 Å². The van der Waals surface area contributed by atoms with Gasteiger partial charge >= 0.3 is 0 Å². The van der Waals surface area contributed by atoms with E-state index >= 15 is 0 Å². The first-order chi connectivity index (χ1) is 10.1. The highest BCUT2D eigenvalue weighted by molar-refractivity contribution is 5.81. The molecule has 2 rings (SSSR count). The average molecular weight is 292 g/mol. The molecule has 5 heteroatoms. The van der Waals surface area contributed by atoms with Crippen LogP contribution in [0.25, 0.3) is 0 Å². The van der Waals surface area contributed by atoms with Crippen LogP contribution in [-0.2, 0) is 16.1 Å². The van der Waals surface area contributed by atoms with Crippen LogP contribution in [0, 0.1) is 12.8 Å². The number of methoxy groups -OCH3 is 1. The van der Waals surface area contributed by atoms with E-state index in [9.17, 15) is 4.79 Å². The smallest absolute Gasteiger partial charge is 0.237 e. The fourth-order valence-corrected chi connectivity index (χ4v) is 2.59. The highest BCUT2D eigenvalue weighted by Gasteiger charge is 2.26. The normalized spacial score (nSPS) is 17.3. The van der Waals surface area contributed by atoms with Crippen LogP contribution in [0.5, 0.6) is 5.75 Å². The first-order valence-corrected chi connectivity index (χ1v) is 7.36. The molecular weight excluding hydrogens is 268 g/mol. The summed E-state index contributed by atoms with van der Waals surface area (Å²) in [5, 5.41) is 2.91. The lowest BCUT2D eigenvalue weighted by Crippen LogP contribution is -2.46. The number of nitrogens with two attached hydrogens (primary N) is 1. The molecule has 1 aromatic rings. The quantitative estimate of drug-likeness (QED) is 0.860. The summed E-state index contributed by atoms with van der Waals surface area (Å²) in [7, 11) is 1.63. The average Bonchev–Trinajstić information content (AvgIpc) is 2.53. The van der Waals surface area contributed by atoms with E-state index in [4.69, 9.17) is 15.2 Å². The van der Waals surface area contributed by atoms with Crippen LogP contribution in [0.15, 0.2) is 18.2 Å². The summed E-state index contributed by atoms with van der Waals surface area (Å²) in [6.45, 7) is 3.82. The molecule has 0 aromatic heterocycles. The number of hydrogen-bond donors (Lipinski definition) is 2. The summed E-state index contributed by atoms with van der Waals surface area (Å²) in [5.74, 6) is 0.887. The van der Waals surface area contributed by atoms with Gasteiger partial charge in [-0.25, -0.2) is 0 Å². The van der Waals surface area contributed by atoms with Crippen LogP contribution < -0.4 is 15.8 Å². The summed E-state index contributed by atoms with van der Waals surface area (Å²) in [5.41, 5.74) is 8.13. The van der Waals surface area contributed by atoms with Gasteiger partial charge in [-0.05, 0) is 37.3 Å². The van der Waals surface area contributed by atoms with E-state index in [-0.39, 0.29) is 11.8 Å². The number of hydrogen-bond acceptors (Lipinski definition) is 4. The van der Waals surface area contributed by atoms with E-state index in [1.54, 1.807) is 7.11 Å². The topological polar surface area (TPSA) is 73.6 Å². The SMILES string of the molecule is COc1cc(C)ccc1CNC(=O)C(N)C1CCOCC1. The van der Waals surface area contributed by atoms with Crippen molar-refractivity contribution in [1.82, 2.24) is 5.32 Å². The minimum Gasteiger partial charge on any atom is -0.496 e. The van der Waals surface area contributed by atoms with Gasteiger partial charge in [0.15, 0.2) is 0 Å². The number of amides is 1.